The molecule has 4 nitrogen and oxygen atoms in total. The highest BCUT2D eigenvalue weighted by atomic mass is 16.2. The minimum Gasteiger partial charge on any atom is -0.354 e. The highest BCUT2D eigenvalue weighted by Gasteiger charge is 2.14. The third-order valence-corrected chi connectivity index (χ3v) is 2.19. The topological polar surface area (TPSA) is 46.9 Å². The van der Waals surface area contributed by atoms with Crippen LogP contribution in [0.2, 0.25) is 0 Å². The number of nitrogens with zero attached hydrogens (tertiary/aromatic N) is 2. The molecule has 0 radical (unpaired) electrons. The van der Waals surface area contributed by atoms with Gasteiger partial charge in [0.1, 0.15) is 6.04 Å². The Hall–Kier alpha value is -1.32. The van der Waals surface area contributed by atoms with Gasteiger partial charge in [-0.25, -0.2) is 0 Å². The van der Waals surface area contributed by atoms with Gasteiger partial charge in [0.2, 0.25) is 5.91 Å². The first-order valence-electron chi connectivity index (χ1n) is 5.29. The molecule has 4 heteroatoms. The van der Waals surface area contributed by atoms with Crippen molar-refractivity contribution in [2.75, 3.05) is 6.54 Å². The zero-order valence-electron chi connectivity index (χ0n) is 9.82. The van der Waals surface area contributed by atoms with E-state index in [1.807, 2.05) is 20.0 Å². The normalized spacial score (nSPS) is 12.9. The van der Waals surface area contributed by atoms with Gasteiger partial charge in [0.15, 0.2) is 0 Å². The van der Waals surface area contributed by atoms with Gasteiger partial charge >= 0.3 is 0 Å². The summed E-state index contributed by atoms with van der Waals surface area (Å²) in [6, 6.07) is -0.238. The second-order valence-corrected chi connectivity index (χ2v) is 4.31. The molecule has 0 saturated carbocycles. The summed E-state index contributed by atoms with van der Waals surface area (Å²) in [5.41, 5.74) is 1.07. The third-order valence-electron chi connectivity index (χ3n) is 2.19. The number of nitrogens with one attached hydrogen (secondary N) is 1. The molecule has 1 aromatic heterocycles. The average Bonchev–Trinajstić information content (AvgIpc) is 2.60. The lowest BCUT2D eigenvalue weighted by Crippen LogP contribution is -2.33. The van der Waals surface area contributed by atoms with Crippen LogP contribution in [0.5, 0.6) is 0 Å². The van der Waals surface area contributed by atoms with Crippen LogP contribution >= 0.6 is 0 Å². The Labute approximate surface area is 90.7 Å². The standard InChI is InChI=1S/C11H19N3O/c1-8(2)5-12-11(15)10(4)14-7-9(3)6-13-14/h6-8,10H,5H2,1-4H3,(H,12,15). The number of amides is 1. The molecule has 1 heterocycles. The van der Waals surface area contributed by atoms with Crippen LogP contribution in [0.4, 0.5) is 0 Å². The first-order valence-corrected chi connectivity index (χ1v) is 5.29. The van der Waals surface area contributed by atoms with Crippen LogP contribution in [0.3, 0.4) is 0 Å². The zero-order valence-corrected chi connectivity index (χ0v) is 9.82. The molecule has 15 heavy (non-hydrogen) atoms. The highest BCUT2D eigenvalue weighted by Crippen LogP contribution is 2.05. The number of rotatable bonds is 4. The summed E-state index contributed by atoms with van der Waals surface area (Å²) in [5.74, 6) is 0.493. The van der Waals surface area contributed by atoms with Gasteiger partial charge in [0.25, 0.3) is 0 Å². The van der Waals surface area contributed by atoms with Crippen LogP contribution in [0.15, 0.2) is 12.4 Å². The van der Waals surface area contributed by atoms with Crippen LogP contribution in [-0.2, 0) is 4.79 Å². The van der Waals surface area contributed by atoms with Gasteiger partial charge < -0.3 is 5.32 Å². The Morgan fingerprint density at radius 3 is 2.67 bits per heavy atom. The maximum Gasteiger partial charge on any atom is 0.244 e. The largest absolute Gasteiger partial charge is 0.354 e. The van der Waals surface area contributed by atoms with Gasteiger partial charge in [-0.2, -0.15) is 5.10 Å². The molecule has 0 fully saturated rings. The van der Waals surface area contributed by atoms with E-state index in [-0.39, 0.29) is 11.9 Å². The van der Waals surface area contributed by atoms with Crippen molar-refractivity contribution in [3.05, 3.63) is 18.0 Å². The Balaban J connectivity index is 2.53. The van der Waals surface area contributed by atoms with Crippen LogP contribution < -0.4 is 5.32 Å². The predicted octanol–water partition coefficient (Wildman–Crippen LogP) is 1.52. The van der Waals surface area contributed by atoms with Gasteiger partial charge in [-0.3, -0.25) is 9.48 Å². The number of hydrogen-bond acceptors (Lipinski definition) is 2. The molecule has 0 spiro atoms. The molecular weight excluding hydrogens is 190 g/mol. The fraction of sp³-hybridized carbons (Fsp3) is 0.636. The van der Waals surface area contributed by atoms with E-state index < -0.39 is 0 Å². The molecule has 1 N–H and O–H groups in total. The first-order chi connectivity index (χ1) is 7.00. The Morgan fingerprint density at radius 1 is 1.53 bits per heavy atom. The summed E-state index contributed by atoms with van der Waals surface area (Å²) >= 11 is 0. The fourth-order valence-corrected chi connectivity index (χ4v) is 1.22. The molecule has 0 aromatic carbocycles. The van der Waals surface area contributed by atoms with E-state index in [1.54, 1.807) is 10.9 Å². The van der Waals surface area contributed by atoms with Gasteiger partial charge in [-0.05, 0) is 25.3 Å². The van der Waals surface area contributed by atoms with Crippen LogP contribution in [-0.4, -0.2) is 22.2 Å². The van der Waals surface area contributed by atoms with E-state index in [4.69, 9.17) is 0 Å². The molecule has 0 aliphatic carbocycles. The minimum absolute atomic E-state index is 0.0202. The molecule has 0 aliphatic rings. The maximum atomic E-state index is 11.7. The van der Waals surface area contributed by atoms with Gasteiger partial charge in [-0.15, -0.1) is 0 Å². The summed E-state index contributed by atoms with van der Waals surface area (Å²) in [6.07, 6.45) is 3.63. The lowest BCUT2D eigenvalue weighted by atomic mass is 10.2. The smallest absolute Gasteiger partial charge is 0.244 e. The van der Waals surface area contributed by atoms with Crippen LogP contribution in [0, 0.1) is 12.8 Å². The summed E-state index contributed by atoms with van der Waals surface area (Å²) in [4.78, 5) is 11.7. The second kappa shape index (κ2) is 4.96. The van der Waals surface area contributed by atoms with E-state index >= 15 is 0 Å². The molecule has 1 rings (SSSR count). The molecule has 0 saturated heterocycles. The van der Waals surface area contributed by atoms with Crippen LogP contribution in [0.25, 0.3) is 0 Å². The second-order valence-electron chi connectivity index (χ2n) is 4.31. The van der Waals surface area contributed by atoms with Crippen molar-refractivity contribution in [2.45, 2.75) is 33.7 Å². The lowest BCUT2D eigenvalue weighted by molar-refractivity contribution is -0.124. The molecule has 1 atom stereocenters. The molecule has 1 unspecified atom stereocenters. The van der Waals surface area contributed by atoms with Crippen molar-refractivity contribution in [3.8, 4) is 0 Å². The molecular formula is C11H19N3O. The predicted molar refractivity (Wildman–Crippen MR) is 59.5 cm³/mol. The summed E-state index contributed by atoms with van der Waals surface area (Å²) < 4.78 is 1.69. The van der Waals surface area contributed by atoms with Gasteiger partial charge in [0, 0.05) is 12.7 Å². The van der Waals surface area contributed by atoms with Crippen molar-refractivity contribution in [1.82, 2.24) is 15.1 Å². The van der Waals surface area contributed by atoms with E-state index in [9.17, 15) is 4.79 Å². The van der Waals surface area contributed by atoms with Crippen LogP contribution in [0.1, 0.15) is 32.4 Å². The number of aromatic nitrogens is 2. The highest BCUT2D eigenvalue weighted by molar-refractivity contribution is 5.79. The number of carbonyl (C=O) groups excluding carboxylic acids is 1. The summed E-state index contributed by atoms with van der Waals surface area (Å²) in [7, 11) is 0. The van der Waals surface area contributed by atoms with Crippen molar-refractivity contribution >= 4 is 5.91 Å². The Kier molecular flexibility index (Phi) is 3.88. The number of carbonyl (C=O) groups is 1. The van der Waals surface area contributed by atoms with E-state index in [0.29, 0.717) is 12.5 Å². The van der Waals surface area contributed by atoms with E-state index in [0.717, 1.165) is 5.56 Å². The maximum absolute atomic E-state index is 11.7. The van der Waals surface area contributed by atoms with E-state index in [1.165, 1.54) is 0 Å². The van der Waals surface area contributed by atoms with Crippen molar-refractivity contribution in [1.29, 1.82) is 0 Å². The van der Waals surface area contributed by atoms with Crippen molar-refractivity contribution in [3.63, 3.8) is 0 Å². The zero-order chi connectivity index (χ0) is 11.4. The van der Waals surface area contributed by atoms with Crippen molar-refractivity contribution in [2.24, 2.45) is 5.92 Å². The summed E-state index contributed by atoms with van der Waals surface area (Å²) in [5, 5.41) is 7.01. The van der Waals surface area contributed by atoms with Crippen molar-refractivity contribution < 1.29 is 4.79 Å². The molecule has 1 amide bonds. The molecule has 0 bridgehead atoms. The minimum atomic E-state index is -0.238. The Morgan fingerprint density at radius 2 is 2.20 bits per heavy atom. The van der Waals surface area contributed by atoms with Gasteiger partial charge in [-0.1, -0.05) is 13.8 Å². The Bertz CT molecular complexity index is 330. The molecule has 1 aromatic rings. The third kappa shape index (κ3) is 3.38. The summed E-state index contributed by atoms with van der Waals surface area (Å²) in [6.45, 7) is 8.67. The quantitative estimate of drug-likeness (QED) is 0.817. The van der Waals surface area contributed by atoms with Gasteiger partial charge in [0.05, 0.1) is 6.20 Å². The number of aryl methyl sites for hydroxylation is 1. The molecule has 84 valence electrons. The monoisotopic (exact) mass is 209 g/mol. The molecule has 0 aliphatic heterocycles. The SMILES string of the molecule is Cc1cnn(C(C)C(=O)NCC(C)C)c1. The lowest BCUT2D eigenvalue weighted by Gasteiger charge is -2.13. The number of hydrogen-bond donors (Lipinski definition) is 1. The first kappa shape index (κ1) is 11.8. The van der Waals surface area contributed by atoms with E-state index in [2.05, 4.69) is 24.3 Å². The average molecular weight is 209 g/mol. The fourth-order valence-electron chi connectivity index (χ4n) is 1.22.